The van der Waals surface area contributed by atoms with E-state index in [4.69, 9.17) is 10.8 Å². The Kier molecular flexibility index (Phi) is 3.59. The van der Waals surface area contributed by atoms with Gasteiger partial charge in [0.25, 0.3) is 0 Å². The zero-order valence-electron chi connectivity index (χ0n) is 13.2. The number of aliphatic hydroxyl groups is 1. The third-order valence-corrected chi connectivity index (χ3v) is 4.93. The number of nitrogens with two attached hydrogens (primary N) is 1. The minimum atomic E-state index is 0.0244. The van der Waals surface area contributed by atoms with Crippen molar-refractivity contribution in [3.63, 3.8) is 0 Å². The van der Waals surface area contributed by atoms with Gasteiger partial charge in [0.1, 0.15) is 5.82 Å². The van der Waals surface area contributed by atoms with Gasteiger partial charge in [-0.05, 0) is 23.6 Å². The molecule has 0 amide bonds. The summed E-state index contributed by atoms with van der Waals surface area (Å²) in [5.41, 5.74) is 8.94. The fourth-order valence-electron chi connectivity index (χ4n) is 3.06. The Bertz CT molecular complexity index is 1020. The Morgan fingerprint density at radius 1 is 1.33 bits per heavy atom. The van der Waals surface area contributed by atoms with Crippen molar-refractivity contribution in [2.75, 3.05) is 24.2 Å². The molecule has 0 fully saturated rings. The minimum absolute atomic E-state index is 0.0244. The second-order valence-electron chi connectivity index (χ2n) is 5.57. The molecule has 0 saturated carbocycles. The van der Waals surface area contributed by atoms with Crippen molar-refractivity contribution in [2.24, 2.45) is 7.05 Å². The number of nitrogen functional groups attached to an aromatic ring is 1. The maximum Gasteiger partial charge on any atom is 0.222 e. The lowest BCUT2D eigenvalue weighted by atomic mass is 10.0. The fourth-order valence-corrected chi connectivity index (χ4v) is 3.80. The molecule has 0 radical (unpaired) electrons. The molecule has 0 atom stereocenters. The molecule has 0 unspecified atom stereocenters. The summed E-state index contributed by atoms with van der Waals surface area (Å²) >= 11 is 1.70. The molecule has 0 aliphatic rings. The Morgan fingerprint density at radius 2 is 2.21 bits per heavy atom. The first-order valence-electron chi connectivity index (χ1n) is 7.63. The van der Waals surface area contributed by atoms with Gasteiger partial charge in [-0.15, -0.1) is 11.3 Å². The third-order valence-electron chi connectivity index (χ3n) is 4.02. The van der Waals surface area contributed by atoms with Crippen LogP contribution in [-0.2, 0) is 7.05 Å². The molecule has 3 heterocycles. The summed E-state index contributed by atoms with van der Waals surface area (Å²) in [6.45, 7) is 0.434. The van der Waals surface area contributed by atoms with E-state index in [1.54, 1.807) is 11.3 Å². The predicted octanol–water partition coefficient (Wildman–Crippen LogP) is 2.84. The molecular weight excluding hydrogens is 322 g/mol. The third kappa shape index (κ3) is 2.29. The van der Waals surface area contributed by atoms with Crippen molar-refractivity contribution in [1.82, 2.24) is 14.5 Å². The van der Waals surface area contributed by atoms with Gasteiger partial charge in [-0.25, -0.2) is 4.98 Å². The predicted molar refractivity (Wildman–Crippen MR) is 99.3 cm³/mol. The summed E-state index contributed by atoms with van der Waals surface area (Å²) < 4.78 is 2.11. The first-order valence-corrected chi connectivity index (χ1v) is 8.51. The number of benzene rings is 1. The van der Waals surface area contributed by atoms with E-state index in [9.17, 15) is 0 Å². The second kappa shape index (κ2) is 5.77. The van der Waals surface area contributed by atoms with Crippen molar-refractivity contribution in [3.8, 4) is 10.4 Å². The van der Waals surface area contributed by atoms with E-state index in [1.807, 2.05) is 19.3 Å². The molecule has 0 aliphatic heterocycles. The number of hydrogen-bond acceptors (Lipinski definition) is 6. The minimum Gasteiger partial charge on any atom is -0.395 e. The van der Waals surface area contributed by atoms with E-state index in [1.165, 1.54) is 4.88 Å². The van der Waals surface area contributed by atoms with E-state index in [0.717, 1.165) is 27.4 Å². The summed E-state index contributed by atoms with van der Waals surface area (Å²) in [7, 11) is 2.03. The van der Waals surface area contributed by atoms with Crippen LogP contribution in [0.25, 0.3) is 32.2 Å². The largest absolute Gasteiger partial charge is 0.395 e. The van der Waals surface area contributed by atoms with Crippen LogP contribution in [0.15, 0.2) is 35.8 Å². The maximum absolute atomic E-state index is 9.12. The summed E-state index contributed by atoms with van der Waals surface area (Å²) in [4.78, 5) is 9.95. The quantitative estimate of drug-likeness (QED) is 0.532. The van der Waals surface area contributed by atoms with Crippen LogP contribution in [0.3, 0.4) is 0 Å². The number of aryl methyl sites for hydroxylation is 1. The van der Waals surface area contributed by atoms with Crippen molar-refractivity contribution in [1.29, 1.82) is 0 Å². The second-order valence-corrected chi connectivity index (χ2v) is 6.51. The lowest BCUT2D eigenvalue weighted by Crippen LogP contribution is -2.09. The number of nitrogens with zero attached hydrogens (tertiary/aromatic N) is 3. The van der Waals surface area contributed by atoms with Gasteiger partial charge in [-0.2, -0.15) is 4.98 Å². The molecule has 4 rings (SSSR count). The summed E-state index contributed by atoms with van der Waals surface area (Å²) in [6.07, 6.45) is 2.04. The van der Waals surface area contributed by atoms with Crippen molar-refractivity contribution in [3.05, 3.63) is 35.8 Å². The van der Waals surface area contributed by atoms with Crippen LogP contribution in [0.4, 0.5) is 11.8 Å². The number of hydrogen-bond donors (Lipinski definition) is 3. The molecule has 0 saturated heterocycles. The summed E-state index contributed by atoms with van der Waals surface area (Å²) in [5, 5.41) is 16.3. The molecular formula is C17H17N5OS. The van der Waals surface area contributed by atoms with Gasteiger partial charge >= 0.3 is 0 Å². The van der Waals surface area contributed by atoms with Crippen LogP contribution >= 0.6 is 11.3 Å². The van der Waals surface area contributed by atoms with Crippen molar-refractivity contribution < 1.29 is 5.11 Å². The molecule has 0 aliphatic carbocycles. The summed E-state index contributed by atoms with van der Waals surface area (Å²) in [5.74, 6) is 0.871. The summed E-state index contributed by atoms with van der Waals surface area (Å²) in [6, 6.07) is 8.28. The van der Waals surface area contributed by atoms with Gasteiger partial charge in [-0.3, -0.25) is 0 Å². The molecule has 7 heteroatoms. The number of rotatable bonds is 4. The monoisotopic (exact) mass is 339 g/mol. The molecule has 1 aromatic carbocycles. The van der Waals surface area contributed by atoms with Crippen LogP contribution < -0.4 is 11.1 Å². The molecule has 6 nitrogen and oxygen atoms in total. The van der Waals surface area contributed by atoms with E-state index >= 15 is 0 Å². The van der Waals surface area contributed by atoms with Gasteiger partial charge in [0.05, 0.1) is 23.0 Å². The normalized spacial score (nSPS) is 11.4. The topological polar surface area (TPSA) is 89.0 Å². The maximum atomic E-state index is 9.12. The van der Waals surface area contributed by atoms with Gasteiger partial charge in [-0.1, -0.05) is 6.07 Å². The van der Waals surface area contributed by atoms with Crippen LogP contribution in [0.1, 0.15) is 0 Å². The average molecular weight is 339 g/mol. The van der Waals surface area contributed by atoms with E-state index < -0.39 is 0 Å². The number of aromatic nitrogens is 3. The standard InChI is InChI=1S/C17H17N5OS/c1-22-6-4-10-14-12(20-17(18)21-16(14)19-5-7-23)9-11(15(10)22)13-3-2-8-24-13/h2-4,6,8-9,23H,5,7H2,1H3,(H3,18,19,20,21). The number of nitrogens with one attached hydrogen (secondary N) is 1. The van der Waals surface area contributed by atoms with Crippen molar-refractivity contribution in [2.45, 2.75) is 0 Å². The number of aliphatic hydroxyl groups excluding tert-OH is 1. The highest BCUT2D eigenvalue weighted by atomic mass is 32.1. The Labute approximate surface area is 142 Å². The number of thiophene rings is 1. The zero-order chi connectivity index (χ0) is 16.7. The van der Waals surface area contributed by atoms with Gasteiger partial charge < -0.3 is 20.7 Å². The van der Waals surface area contributed by atoms with E-state index in [0.29, 0.717) is 12.4 Å². The Hall–Kier alpha value is -2.64. The van der Waals surface area contributed by atoms with Gasteiger partial charge in [0, 0.05) is 35.6 Å². The van der Waals surface area contributed by atoms with E-state index in [2.05, 4.69) is 43.4 Å². The SMILES string of the molecule is Cn1ccc2c3c(NCCO)nc(N)nc3cc(-c3cccs3)c21. The average Bonchev–Trinajstić information content (AvgIpc) is 3.22. The Balaban J connectivity index is 2.11. The highest BCUT2D eigenvalue weighted by molar-refractivity contribution is 7.13. The smallest absolute Gasteiger partial charge is 0.222 e. The van der Waals surface area contributed by atoms with Gasteiger partial charge in [0.15, 0.2) is 0 Å². The van der Waals surface area contributed by atoms with E-state index in [-0.39, 0.29) is 12.6 Å². The first kappa shape index (κ1) is 14.9. The zero-order valence-corrected chi connectivity index (χ0v) is 14.0. The lowest BCUT2D eigenvalue weighted by Gasteiger charge is -2.12. The highest BCUT2D eigenvalue weighted by Gasteiger charge is 2.16. The molecule has 3 aromatic heterocycles. The molecule has 122 valence electrons. The molecule has 0 spiro atoms. The van der Waals surface area contributed by atoms with Crippen LogP contribution in [0.5, 0.6) is 0 Å². The molecule has 4 aromatic rings. The molecule has 24 heavy (non-hydrogen) atoms. The Morgan fingerprint density at radius 3 is 2.96 bits per heavy atom. The number of fused-ring (bicyclic) bond motifs is 3. The van der Waals surface area contributed by atoms with Gasteiger partial charge in [0.2, 0.25) is 5.95 Å². The van der Waals surface area contributed by atoms with Crippen LogP contribution in [-0.4, -0.2) is 32.8 Å². The molecule has 4 N–H and O–H groups in total. The van der Waals surface area contributed by atoms with Crippen LogP contribution in [0, 0.1) is 0 Å². The first-order chi connectivity index (χ1) is 11.7. The van der Waals surface area contributed by atoms with Crippen molar-refractivity contribution >= 4 is 44.9 Å². The fraction of sp³-hybridized carbons (Fsp3) is 0.176. The van der Waals surface area contributed by atoms with Crippen LogP contribution in [0.2, 0.25) is 0 Å². The molecule has 0 bridgehead atoms. The number of anilines is 2. The lowest BCUT2D eigenvalue weighted by molar-refractivity contribution is 0.311. The highest BCUT2D eigenvalue weighted by Crippen LogP contribution is 2.38.